The van der Waals surface area contributed by atoms with E-state index >= 15 is 0 Å². The van der Waals surface area contributed by atoms with Crippen LogP contribution in [-0.4, -0.2) is 45.6 Å². The quantitative estimate of drug-likeness (QED) is 0.212. The fourth-order valence-corrected chi connectivity index (χ4v) is 3.29. The summed E-state index contributed by atoms with van der Waals surface area (Å²) in [7, 11) is 0. The van der Waals surface area contributed by atoms with E-state index in [1.54, 1.807) is 0 Å². The van der Waals surface area contributed by atoms with Crippen molar-refractivity contribution in [2.45, 2.75) is 96.8 Å². The van der Waals surface area contributed by atoms with Crippen molar-refractivity contribution in [2.24, 2.45) is 0 Å². The van der Waals surface area contributed by atoms with E-state index in [4.69, 9.17) is 0 Å². The maximum absolute atomic E-state index is 11.2. The van der Waals surface area contributed by atoms with Crippen LogP contribution >= 0.6 is 0 Å². The van der Waals surface area contributed by atoms with E-state index < -0.39 is 11.2 Å². The molecule has 3 heteroatoms. The predicted octanol–water partition coefficient (Wildman–Crippen LogP) is 5.40. The Morgan fingerprint density at radius 2 is 1.00 bits per heavy atom. The first-order valence-corrected chi connectivity index (χ1v) is 10.4. The third-order valence-electron chi connectivity index (χ3n) is 3.95. The molecule has 0 heterocycles. The van der Waals surface area contributed by atoms with Gasteiger partial charge in [-0.25, -0.2) is 0 Å². The molecule has 0 aliphatic rings. The van der Waals surface area contributed by atoms with Crippen LogP contribution in [0.4, 0.5) is 0 Å². The third-order valence-corrected chi connectivity index (χ3v) is 5.15. The van der Waals surface area contributed by atoms with Gasteiger partial charge >= 0.3 is 29.6 Å². The monoisotopic (exact) mass is 325 g/mol. The van der Waals surface area contributed by atoms with Crippen LogP contribution in [0.5, 0.6) is 0 Å². The number of unbranched alkanes of at least 4 members (excludes halogenated alkanes) is 13. The molecule has 0 aromatic carbocycles. The van der Waals surface area contributed by atoms with E-state index in [9.17, 15) is 4.55 Å². The van der Waals surface area contributed by atoms with Gasteiger partial charge in [-0.3, -0.25) is 0 Å². The van der Waals surface area contributed by atoms with E-state index in [1.165, 1.54) is 83.5 Å². The average Bonchev–Trinajstić information content (AvgIpc) is 2.47. The summed E-state index contributed by atoms with van der Waals surface area (Å²) in [6.07, 6.45) is 19.3. The summed E-state index contributed by atoms with van der Waals surface area (Å²) in [5, 5.41) is 0. The molecule has 1 unspecified atom stereocenters. The van der Waals surface area contributed by atoms with Crippen LogP contribution in [0.3, 0.4) is 0 Å². The van der Waals surface area contributed by atoms with Crippen LogP contribution in [0.2, 0.25) is 0 Å². The van der Waals surface area contributed by atoms with Crippen LogP contribution in [0.1, 0.15) is 96.8 Å². The predicted molar refractivity (Wildman–Crippen MR) is 101 cm³/mol. The Morgan fingerprint density at radius 3 is 1.33 bits per heavy atom. The van der Waals surface area contributed by atoms with Crippen molar-refractivity contribution in [1.29, 1.82) is 0 Å². The van der Waals surface area contributed by atoms with Gasteiger partial charge in [0, 0.05) is 0 Å². The zero-order valence-corrected chi connectivity index (χ0v) is 14.7. The molecule has 0 spiro atoms. The second-order valence-corrected chi connectivity index (χ2v) is 7.64. The topological polar surface area (TPSA) is 23.1 Å². The molecule has 0 amide bonds. The van der Waals surface area contributed by atoms with Crippen LogP contribution in [0, 0.1) is 6.92 Å². The van der Waals surface area contributed by atoms with Crippen LogP contribution in [-0.2, 0) is 11.2 Å². The third kappa shape index (κ3) is 21.3. The summed E-state index contributed by atoms with van der Waals surface area (Å²) in [5.74, 6) is 1.44. The Labute approximate surface area is 159 Å². The summed E-state index contributed by atoms with van der Waals surface area (Å²) >= 11 is -0.654. The van der Waals surface area contributed by atoms with Crippen molar-refractivity contribution in [3.05, 3.63) is 6.92 Å². The molecule has 1 radical (unpaired) electrons. The molecule has 0 saturated heterocycles. The van der Waals surface area contributed by atoms with E-state index in [1.807, 2.05) is 0 Å². The van der Waals surface area contributed by atoms with E-state index in [-0.39, 0.29) is 29.6 Å². The molecule has 123 valence electrons. The zero-order valence-electron chi connectivity index (χ0n) is 13.8. The Balaban J connectivity index is 0. The van der Waals surface area contributed by atoms with E-state index in [2.05, 4.69) is 13.8 Å². The normalized spacial score (nSPS) is 12.1. The SMILES string of the molecule is [CH2]C[S+]([O-])CCCCCCCCCCCCCCCC.[NaH]. The average molecular weight is 326 g/mol. The molecule has 21 heavy (non-hydrogen) atoms. The van der Waals surface area contributed by atoms with Gasteiger partial charge in [0.1, 0.15) is 11.5 Å². The molecule has 0 aliphatic carbocycles. The maximum atomic E-state index is 11.2. The van der Waals surface area contributed by atoms with Gasteiger partial charge in [0.25, 0.3) is 0 Å². The molecule has 0 aliphatic heterocycles. The fraction of sp³-hybridized carbons (Fsp3) is 0.944. The van der Waals surface area contributed by atoms with E-state index in [0.717, 1.165) is 12.2 Å². The molecule has 0 aromatic rings. The minimum atomic E-state index is -0.654. The van der Waals surface area contributed by atoms with Crippen LogP contribution in [0.25, 0.3) is 0 Å². The van der Waals surface area contributed by atoms with Crippen molar-refractivity contribution >= 4 is 40.7 Å². The first-order valence-electron chi connectivity index (χ1n) is 8.95. The summed E-state index contributed by atoms with van der Waals surface area (Å²) in [4.78, 5) is 0. The first-order chi connectivity index (χ1) is 9.81. The standard InChI is InChI=1S/C18H37OS.Na.H/c1-3-5-6-7-8-9-10-11-12-13-14-15-16-17-18-20(19)4-2;;/h2-18H2,1H3;;. The summed E-state index contributed by atoms with van der Waals surface area (Å²) in [6.45, 7) is 5.95. The van der Waals surface area contributed by atoms with Gasteiger partial charge in [-0.2, -0.15) is 0 Å². The van der Waals surface area contributed by atoms with Gasteiger partial charge in [0.15, 0.2) is 0 Å². The Hall–Kier alpha value is 1.31. The molecule has 0 bridgehead atoms. The van der Waals surface area contributed by atoms with Gasteiger partial charge in [-0.15, -0.1) is 0 Å². The second-order valence-electron chi connectivity index (χ2n) is 5.94. The van der Waals surface area contributed by atoms with E-state index in [0.29, 0.717) is 5.75 Å². The van der Waals surface area contributed by atoms with Gasteiger partial charge < -0.3 is 4.55 Å². The number of hydrogen-bond donors (Lipinski definition) is 0. The Kier molecular flexibility index (Phi) is 24.9. The molecule has 0 rings (SSSR count). The summed E-state index contributed by atoms with van der Waals surface area (Å²) < 4.78 is 11.2. The van der Waals surface area contributed by atoms with Crippen molar-refractivity contribution in [3.8, 4) is 0 Å². The minimum absolute atomic E-state index is 0. The Morgan fingerprint density at radius 1 is 0.667 bits per heavy atom. The van der Waals surface area contributed by atoms with Crippen molar-refractivity contribution in [2.75, 3.05) is 11.5 Å². The number of rotatable bonds is 16. The summed E-state index contributed by atoms with van der Waals surface area (Å²) in [6, 6.07) is 0. The van der Waals surface area contributed by atoms with Crippen molar-refractivity contribution < 1.29 is 4.55 Å². The van der Waals surface area contributed by atoms with Gasteiger partial charge in [-0.1, -0.05) is 95.1 Å². The van der Waals surface area contributed by atoms with Crippen molar-refractivity contribution in [1.82, 2.24) is 0 Å². The van der Waals surface area contributed by atoms with Crippen LogP contribution < -0.4 is 0 Å². The molecule has 1 nitrogen and oxygen atoms in total. The molecular formula is C18H38NaOS. The van der Waals surface area contributed by atoms with Gasteiger partial charge in [0.2, 0.25) is 0 Å². The number of hydrogen-bond acceptors (Lipinski definition) is 1. The molecule has 1 atom stereocenters. The Bertz CT molecular complexity index is 179. The molecule has 0 N–H and O–H groups in total. The van der Waals surface area contributed by atoms with Gasteiger partial charge in [-0.05, 0) is 19.8 Å². The van der Waals surface area contributed by atoms with Crippen LogP contribution in [0.15, 0.2) is 0 Å². The van der Waals surface area contributed by atoms with Crippen molar-refractivity contribution in [3.63, 3.8) is 0 Å². The fourth-order valence-electron chi connectivity index (χ4n) is 2.56. The zero-order chi connectivity index (χ0) is 14.9. The van der Waals surface area contributed by atoms with Gasteiger partial charge in [0.05, 0.1) is 0 Å². The molecule has 0 saturated carbocycles. The summed E-state index contributed by atoms with van der Waals surface area (Å²) in [5.41, 5.74) is 0. The molecule has 0 fully saturated rings. The molecular weight excluding hydrogens is 287 g/mol. The first kappa shape index (κ1) is 24.6. The molecule has 0 aromatic heterocycles. The second kappa shape index (κ2) is 21.3.